The molecule has 1 saturated carbocycles. The van der Waals surface area contributed by atoms with Crippen molar-refractivity contribution in [3.8, 4) is 0 Å². The summed E-state index contributed by atoms with van der Waals surface area (Å²) < 4.78 is 5.41. The molecule has 5 heteroatoms. The molecule has 0 aromatic heterocycles. The van der Waals surface area contributed by atoms with Crippen molar-refractivity contribution in [3.05, 3.63) is 28.8 Å². The Morgan fingerprint density at radius 3 is 2.81 bits per heavy atom. The molecule has 1 aromatic carbocycles. The summed E-state index contributed by atoms with van der Waals surface area (Å²) in [6, 6.07) is 5.77. The Bertz CT molecular complexity index is 531. The fourth-order valence-electron chi connectivity index (χ4n) is 2.77. The van der Waals surface area contributed by atoms with E-state index in [1.54, 1.807) is 13.2 Å². The molecule has 1 aliphatic rings. The first-order chi connectivity index (χ1) is 9.84. The number of aryl methyl sites for hydroxylation is 1. The third-order valence-electron chi connectivity index (χ3n) is 4.44. The lowest BCUT2D eigenvalue weighted by Crippen LogP contribution is -2.61. The molecule has 0 radical (unpaired) electrons. The molecule has 2 atom stereocenters. The summed E-state index contributed by atoms with van der Waals surface area (Å²) in [6.07, 6.45) is 1.20. The van der Waals surface area contributed by atoms with Crippen LogP contribution in [0.1, 0.15) is 25.8 Å². The Hall–Kier alpha value is -1.10. The van der Waals surface area contributed by atoms with Gasteiger partial charge in [0.15, 0.2) is 0 Å². The molecular formula is C16H23ClN2O2. The minimum Gasteiger partial charge on any atom is -0.381 e. The van der Waals surface area contributed by atoms with Gasteiger partial charge in [-0.1, -0.05) is 31.5 Å². The number of benzene rings is 1. The van der Waals surface area contributed by atoms with Gasteiger partial charge in [0.1, 0.15) is 0 Å². The average molecular weight is 311 g/mol. The number of methoxy groups -OCH3 is 1. The zero-order valence-electron chi connectivity index (χ0n) is 13.0. The van der Waals surface area contributed by atoms with E-state index in [4.69, 9.17) is 16.3 Å². The molecule has 0 aliphatic heterocycles. The van der Waals surface area contributed by atoms with Gasteiger partial charge < -0.3 is 15.4 Å². The number of halogens is 1. The molecule has 0 heterocycles. The molecule has 2 N–H and O–H groups in total. The van der Waals surface area contributed by atoms with Crippen LogP contribution in [-0.4, -0.2) is 31.7 Å². The lowest BCUT2D eigenvalue weighted by Gasteiger charge is -2.51. The first-order valence-corrected chi connectivity index (χ1v) is 7.54. The number of anilines is 1. The lowest BCUT2D eigenvalue weighted by molar-refractivity contribution is -0.119. The van der Waals surface area contributed by atoms with Gasteiger partial charge in [0.2, 0.25) is 5.91 Å². The predicted molar refractivity (Wildman–Crippen MR) is 85.8 cm³/mol. The minimum atomic E-state index is -0.0583. The Morgan fingerprint density at radius 1 is 1.48 bits per heavy atom. The maximum Gasteiger partial charge on any atom is 0.238 e. The van der Waals surface area contributed by atoms with Gasteiger partial charge in [0.05, 0.1) is 12.6 Å². The molecule has 0 spiro atoms. The second kappa shape index (κ2) is 6.34. The quantitative estimate of drug-likeness (QED) is 0.879. The van der Waals surface area contributed by atoms with E-state index in [1.807, 2.05) is 19.1 Å². The number of hydrogen-bond donors (Lipinski definition) is 2. The number of carbonyl (C=O) groups excluding carboxylic acids is 1. The summed E-state index contributed by atoms with van der Waals surface area (Å²) in [6.45, 7) is 6.54. The van der Waals surface area contributed by atoms with Crippen LogP contribution in [0.4, 0.5) is 5.69 Å². The van der Waals surface area contributed by atoms with Crippen molar-refractivity contribution in [2.24, 2.45) is 5.41 Å². The average Bonchev–Trinajstić information content (AvgIpc) is 2.42. The summed E-state index contributed by atoms with van der Waals surface area (Å²) >= 11 is 5.95. The van der Waals surface area contributed by atoms with Crippen LogP contribution in [-0.2, 0) is 9.53 Å². The van der Waals surface area contributed by atoms with Gasteiger partial charge >= 0.3 is 0 Å². The molecule has 4 nitrogen and oxygen atoms in total. The van der Waals surface area contributed by atoms with Crippen molar-refractivity contribution < 1.29 is 9.53 Å². The molecule has 21 heavy (non-hydrogen) atoms. The maximum absolute atomic E-state index is 12.0. The summed E-state index contributed by atoms with van der Waals surface area (Å²) in [5.41, 5.74) is 1.81. The predicted octanol–water partition coefficient (Wildman–Crippen LogP) is 2.99. The van der Waals surface area contributed by atoms with Crippen LogP contribution in [0.15, 0.2) is 18.2 Å². The van der Waals surface area contributed by atoms with Crippen molar-refractivity contribution in [3.63, 3.8) is 0 Å². The van der Waals surface area contributed by atoms with Gasteiger partial charge in [-0.2, -0.15) is 0 Å². The number of carbonyl (C=O) groups is 1. The molecule has 0 saturated heterocycles. The third kappa shape index (κ3) is 3.57. The molecule has 1 fully saturated rings. The first-order valence-electron chi connectivity index (χ1n) is 7.16. The SMILES string of the molecule is COC1CC(NCC(=O)Nc2cc(Cl)ccc2C)C1(C)C. The van der Waals surface area contributed by atoms with E-state index < -0.39 is 0 Å². The summed E-state index contributed by atoms with van der Waals surface area (Å²) in [5, 5.41) is 6.81. The molecule has 116 valence electrons. The monoisotopic (exact) mass is 310 g/mol. The van der Waals surface area contributed by atoms with Gasteiger partial charge in [0.25, 0.3) is 0 Å². The van der Waals surface area contributed by atoms with Crippen LogP contribution in [0.5, 0.6) is 0 Å². The highest BCUT2D eigenvalue weighted by Crippen LogP contribution is 2.42. The third-order valence-corrected chi connectivity index (χ3v) is 4.68. The Morgan fingerprint density at radius 2 is 2.19 bits per heavy atom. The van der Waals surface area contributed by atoms with E-state index in [0.29, 0.717) is 11.1 Å². The Labute approximate surface area is 131 Å². The Kier molecular flexibility index (Phi) is 4.91. The van der Waals surface area contributed by atoms with E-state index in [-0.39, 0.29) is 24.0 Å². The minimum absolute atomic E-state index is 0.0565. The highest BCUT2D eigenvalue weighted by Gasteiger charge is 2.48. The number of nitrogens with one attached hydrogen (secondary N) is 2. The smallest absolute Gasteiger partial charge is 0.238 e. The van der Waals surface area contributed by atoms with Crippen molar-refractivity contribution >= 4 is 23.2 Å². The fourth-order valence-corrected chi connectivity index (χ4v) is 2.94. The molecule has 1 aromatic rings. The second-order valence-electron chi connectivity index (χ2n) is 6.22. The van der Waals surface area contributed by atoms with E-state index in [2.05, 4.69) is 24.5 Å². The van der Waals surface area contributed by atoms with E-state index in [1.165, 1.54) is 0 Å². The number of hydrogen-bond acceptors (Lipinski definition) is 3. The summed E-state index contributed by atoms with van der Waals surface area (Å²) in [4.78, 5) is 12.0. The van der Waals surface area contributed by atoms with Crippen LogP contribution in [0.3, 0.4) is 0 Å². The molecule has 1 aliphatic carbocycles. The zero-order chi connectivity index (χ0) is 15.6. The van der Waals surface area contributed by atoms with Crippen LogP contribution < -0.4 is 10.6 Å². The highest BCUT2D eigenvalue weighted by molar-refractivity contribution is 6.31. The topological polar surface area (TPSA) is 50.4 Å². The van der Waals surface area contributed by atoms with Crippen LogP contribution in [0.2, 0.25) is 5.02 Å². The lowest BCUT2D eigenvalue weighted by atomic mass is 9.64. The number of amides is 1. The Balaban J connectivity index is 1.85. The van der Waals surface area contributed by atoms with Crippen LogP contribution in [0, 0.1) is 12.3 Å². The molecule has 0 bridgehead atoms. The van der Waals surface area contributed by atoms with Crippen LogP contribution in [0.25, 0.3) is 0 Å². The standard InChI is InChI=1S/C16H23ClN2O2/c1-10-5-6-11(17)7-12(10)19-15(20)9-18-13-8-14(21-4)16(13,2)3/h5-7,13-14,18H,8-9H2,1-4H3,(H,19,20). The number of ether oxygens (including phenoxy) is 1. The van der Waals surface area contributed by atoms with Crippen molar-refractivity contribution in [1.82, 2.24) is 5.32 Å². The van der Waals surface area contributed by atoms with Crippen molar-refractivity contribution in [2.75, 3.05) is 19.0 Å². The van der Waals surface area contributed by atoms with E-state index in [9.17, 15) is 4.79 Å². The summed E-state index contributed by atoms with van der Waals surface area (Å²) in [7, 11) is 1.73. The molecule has 2 unspecified atom stereocenters. The normalized spacial score (nSPS) is 23.5. The van der Waals surface area contributed by atoms with Crippen molar-refractivity contribution in [1.29, 1.82) is 0 Å². The number of rotatable bonds is 5. The molecular weight excluding hydrogens is 288 g/mol. The van der Waals surface area contributed by atoms with Gasteiger partial charge in [-0.05, 0) is 31.0 Å². The summed E-state index contributed by atoms with van der Waals surface area (Å²) in [5.74, 6) is -0.0583. The molecule has 2 rings (SSSR count). The maximum atomic E-state index is 12.0. The van der Waals surface area contributed by atoms with Gasteiger partial charge in [-0.25, -0.2) is 0 Å². The first kappa shape index (κ1) is 16.3. The van der Waals surface area contributed by atoms with E-state index >= 15 is 0 Å². The second-order valence-corrected chi connectivity index (χ2v) is 6.66. The highest BCUT2D eigenvalue weighted by atomic mass is 35.5. The van der Waals surface area contributed by atoms with E-state index in [0.717, 1.165) is 17.7 Å². The van der Waals surface area contributed by atoms with Crippen molar-refractivity contribution in [2.45, 2.75) is 39.3 Å². The van der Waals surface area contributed by atoms with Gasteiger partial charge in [0, 0.05) is 29.3 Å². The zero-order valence-corrected chi connectivity index (χ0v) is 13.8. The molecule has 1 amide bonds. The fraction of sp³-hybridized carbons (Fsp3) is 0.562. The largest absolute Gasteiger partial charge is 0.381 e. The van der Waals surface area contributed by atoms with Gasteiger partial charge in [-0.3, -0.25) is 4.79 Å². The van der Waals surface area contributed by atoms with Gasteiger partial charge in [-0.15, -0.1) is 0 Å². The van der Waals surface area contributed by atoms with Crippen LogP contribution >= 0.6 is 11.6 Å².